The Morgan fingerprint density at radius 2 is 1.91 bits per heavy atom. The van der Waals surface area contributed by atoms with Crippen molar-refractivity contribution >= 4 is 50.0 Å². The summed E-state index contributed by atoms with van der Waals surface area (Å²) in [6, 6.07) is 13.9. The molecule has 3 rings (SSSR count). The largest absolute Gasteiger partial charge is 0.357 e. The lowest BCUT2D eigenvalue weighted by molar-refractivity contribution is -0.114. The van der Waals surface area contributed by atoms with Gasteiger partial charge in [-0.3, -0.25) is 4.79 Å². The van der Waals surface area contributed by atoms with E-state index in [9.17, 15) is 4.79 Å². The van der Waals surface area contributed by atoms with E-state index in [1.54, 1.807) is 0 Å². The van der Waals surface area contributed by atoms with Gasteiger partial charge in [-0.2, -0.15) is 0 Å². The van der Waals surface area contributed by atoms with Crippen LogP contribution in [0.4, 0.5) is 5.69 Å². The normalized spacial score (nSPS) is 10.9. The second kappa shape index (κ2) is 6.77. The summed E-state index contributed by atoms with van der Waals surface area (Å²) in [5.41, 5.74) is 4.12. The molecule has 5 heteroatoms. The molecular weight excluding hydrogens is 376 g/mol. The van der Waals surface area contributed by atoms with Gasteiger partial charge in [-0.25, -0.2) is 0 Å². The quantitative estimate of drug-likeness (QED) is 0.620. The highest BCUT2D eigenvalue weighted by molar-refractivity contribution is 9.10. The van der Waals surface area contributed by atoms with Crippen molar-refractivity contribution in [2.75, 3.05) is 5.32 Å². The fraction of sp³-hybridized carbons (Fsp3) is 0.167. The number of hydrogen-bond acceptors (Lipinski definition) is 1. The molecule has 3 nitrogen and oxygen atoms in total. The topological polar surface area (TPSA) is 44.9 Å². The first-order valence-corrected chi connectivity index (χ1v) is 8.52. The third-order valence-electron chi connectivity index (χ3n) is 3.72. The molecule has 0 bridgehead atoms. The van der Waals surface area contributed by atoms with Crippen molar-refractivity contribution in [2.45, 2.75) is 19.8 Å². The zero-order chi connectivity index (χ0) is 16.4. The summed E-state index contributed by atoms with van der Waals surface area (Å²) in [6.45, 7) is 1.53. The first kappa shape index (κ1) is 16.1. The van der Waals surface area contributed by atoms with Crippen molar-refractivity contribution < 1.29 is 4.79 Å². The molecule has 0 saturated heterocycles. The van der Waals surface area contributed by atoms with E-state index in [0.29, 0.717) is 0 Å². The summed E-state index contributed by atoms with van der Waals surface area (Å²) in [4.78, 5) is 15.0. The number of rotatable bonds is 4. The highest BCUT2D eigenvalue weighted by atomic mass is 79.9. The van der Waals surface area contributed by atoms with Crippen molar-refractivity contribution in [3.63, 3.8) is 0 Å². The third kappa shape index (κ3) is 3.77. The van der Waals surface area contributed by atoms with Gasteiger partial charge in [0.05, 0.1) is 5.69 Å². The molecule has 0 radical (unpaired) electrons. The molecule has 2 aromatic carbocycles. The molecule has 0 aliphatic heterocycles. The first-order chi connectivity index (χ1) is 11.0. The Balaban J connectivity index is 1.91. The zero-order valence-corrected chi connectivity index (χ0v) is 15.0. The molecule has 3 aromatic rings. The summed E-state index contributed by atoms with van der Waals surface area (Å²) < 4.78 is 1.00. The number of aromatic nitrogens is 1. The minimum Gasteiger partial charge on any atom is -0.357 e. The number of halogens is 2. The van der Waals surface area contributed by atoms with Crippen LogP contribution in [0.1, 0.15) is 18.2 Å². The predicted molar refractivity (Wildman–Crippen MR) is 99.2 cm³/mol. The maximum Gasteiger partial charge on any atom is 0.221 e. The van der Waals surface area contributed by atoms with Gasteiger partial charge >= 0.3 is 0 Å². The SMILES string of the molecule is CC(=O)Nc1c(CCc2ccc(Cl)cc2)[nH]c2cc(Br)ccc12. The monoisotopic (exact) mass is 390 g/mol. The van der Waals surface area contributed by atoms with Crippen molar-refractivity contribution in [3.8, 4) is 0 Å². The summed E-state index contributed by atoms with van der Waals surface area (Å²) in [6.07, 6.45) is 1.68. The van der Waals surface area contributed by atoms with E-state index < -0.39 is 0 Å². The standard InChI is InChI=1S/C18H16BrClN2O/c1-11(23)21-18-15-8-5-13(19)10-17(15)22-16(18)9-4-12-2-6-14(20)7-3-12/h2-3,5-8,10,22H,4,9H2,1H3,(H,21,23). The van der Waals surface area contributed by atoms with Crippen molar-refractivity contribution in [3.05, 3.63) is 63.2 Å². The molecule has 0 saturated carbocycles. The molecule has 0 aliphatic carbocycles. The molecule has 0 aliphatic rings. The summed E-state index contributed by atoms with van der Waals surface area (Å²) in [7, 11) is 0. The van der Waals surface area contributed by atoms with Gasteiger partial charge < -0.3 is 10.3 Å². The Morgan fingerprint density at radius 1 is 1.17 bits per heavy atom. The van der Waals surface area contributed by atoms with Gasteiger partial charge in [-0.05, 0) is 48.7 Å². The molecule has 23 heavy (non-hydrogen) atoms. The lowest BCUT2D eigenvalue weighted by Crippen LogP contribution is -2.07. The Labute approximate surface area is 148 Å². The summed E-state index contributed by atoms with van der Waals surface area (Å²) in [5.74, 6) is -0.0680. The summed E-state index contributed by atoms with van der Waals surface area (Å²) in [5, 5.41) is 4.72. The molecule has 2 N–H and O–H groups in total. The second-order valence-corrected chi connectivity index (χ2v) is 6.83. The minimum atomic E-state index is -0.0680. The molecule has 0 spiro atoms. The average molecular weight is 392 g/mol. The number of aryl methyl sites for hydroxylation is 2. The van der Waals surface area contributed by atoms with E-state index in [2.05, 4.69) is 26.2 Å². The number of carbonyl (C=O) groups excluding carboxylic acids is 1. The van der Waals surface area contributed by atoms with E-state index in [1.165, 1.54) is 12.5 Å². The highest BCUT2D eigenvalue weighted by Crippen LogP contribution is 2.30. The van der Waals surface area contributed by atoms with Crippen LogP contribution in [-0.4, -0.2) is 10.9 Å². The maximum absolute atomic E-state index is 11.5. The molecule has 1 amide bonds. The van der Waals surface area contributed by atoms with Crippen LogP contribution in [0.2, 0.25) is 5.02 Å². The third-order valence-corrected chi connectivity index (χ3v) is 4.46. The Hall–Kier alpha value is -1.78. The number of anilines is 1. The van der Waals surface area contributed by atoms with Crippen LogP contribution in [0, 0.1) is 0 Å². The van der Waals surface area contributed by atoms with Crippen LogP contribution in [-0.2, 0) is 17.6 Å². The van der Waals surface area contributed by atoms with E-state index in [4.69, 9.17) is 11.6 Å². The molecule has 118 valence electrons. The number of benzene rings is 2. The average Bonchev–Trinajstić information content (AvgIpc) is 2.83. The lowest BCUT2D eigenvalue weighted by atomic mass is 10.1. The van der Waals surface area contributed by atoms with Crippen molar-refractivity contribution in [1.29, 1.82) is 0 Å². The number of carbonyl (C=O) groups is 1. The van der Waals surface area contributed by atoms with E-state index >= 15 is 0 Å². The van der Waals surface area contributed by atoms with Crippen LogP contribution >= 0.6 is 27.5 Å². The smallest absolute Gasteiger partial charge is 0.221 e. The van der Waals surface area contributed by atoms with E-state index in [1.807, 2.05) is 42.5 Å². The minimum absolute atomic E-state index is 0.0680. The van der Waals surface area contributed by atoms with Gasteiger partial charge in [0.2, 0.25) is 5.91 Å². The number of nitrogens with one attached hydrogen (secondary N) is 2. The van der Waals surface area contributed by atoms with Gasteiger partial charge in [0, 0.05) is 33.0 Å². The second-order valence-electron chi connectivity index (χ2n) is 5.48. The van der Waals surface area contributed by atoms with E-state index in [0.717, 1.165) is 44.6 Å². The van der Waals surface area contributed by atoms with Gasteiger partial charge in [0.15, 0.2) is 0 Å². The molecule has 1 heterocycles. The predicted octanol–water partition coefficient (Wildman–Crippen LogP) is 5.33. The fourth-order valence-electron chi connectivity index (χ4n) is 2.65. The van der Waals surface area contributed by atoms with Crippen LogP contribution < -0.4 is 5.32 Å². The highest BCUT2D eigenvalue weighted by Gasteiger charge is 2.13. The first-order valence-electron chi connectivity index (χ1n) is 7.35. The van der Waals surface area contributed by atoms with Crippen molar-refractivity contribution in [2.24, 2.45) is 0 Å². The van der Waals surface area contributed by atoms with E-state index in [-0.39, 0.29) is 5.91 Å². The van der Waals surface area contributed by atoms with Gasteiger partial charge in [-0.1, -0.05) is 39.7 Å². The van der Waals surface area contributed by atoms with Crippen LogP contribution in [0.5, 0.6) is 0 Å². The fourth-order valence-corrected chi connectivity index (χ4v) is 3.14. The Morgan fingerprint density at radius 3 is 2.61 bits per heavy atom. The maximum atomic E-state index is 11.5. The number of amides is 1. The molecule has 1 aromatic heterocycles. The molecule has 0 unspecified atom stereocenters. The van der Waals surface area contributed by atoms with Gasteiger partial charge in [0.1, 0.15) is 0 Å². The van der Waals surface area contributed by atoms with Gasteiger partial charge in [-0.15, -0.1) is 0 Å². The molecular formula is C18H16BrClN2O. The molecule has 0 atom stereocenters. The Kier molecular flexibility index (Phi) is 4.74. The van der Waals surface area contributed by atoms with Crippen molar-refractivity contribution in [1.82, 2.24) is 4.98 Å². The number of aromatic amines is 1. The zero-order valence-electron chi connectivity index (χ0n) is 12.6. The van der Waals surface area contributed by atoms with Crippen LogP contribution in [0.15, 0.2) is 46.9 Å². The molecule has 0 fully saturated rings. The van der Waals surface area contributed by atoms with Gasteiger partial charge in [0.25, 0.3) is 0 Å². The number of hydrogen-bond donors (Lipinski definition) is 2. The number of fused-ring (bicyclic) bond motifs is 1. The van der Waals surface area contributed by atoms with Crippen LogP contribution in [0.3, 0.4) is 0 Å². The summed E-state index contributed by atoms with van der Waals surface area (Å²) >= 11 is 9.40. The lowest BCUT2D eigenvalue weighted by Gasteiger charge is -2.06. The van der Waals surface area contributed by atoms with Crippen LogP contribution in [0.25, 0.3) is 10.9 Å². The Bertz CT molecular complexity index is 855. The number of H-pyrrole nitrogens is 1.